The second kappa shape index (κ2) is 9.06. The van der Waals surface area contributed by atoms with Gasteiger partial charge in [-0.3, -0.25) is 4.79 Å². The van der Waals surface area contributed by atoms with Crippen molar-refractivity contribution in [3.05, 3.63) is 59.9 Å². The third kappa shape index (κ3) is 4.37. The molecule has 2 aromatic carbocycles. The molecule has 188 valence electrons. The Bertz CT molecular complexity index is 1370. The van der Waals surface area contributed by atoms with Crippen molar-refractivity contribution >= 4 is 86.0 Å². The van der Waals surface area contributed by atoms with E-state index < -0.39 is 33.0 Å². The fraction of sp³-hybridized carbons (Fsp3) is 0.286. The predicted molar refractivity (Wildman–Crippen MR) is 170 cm³/mol. The number of amides is 1. The Morgan fingerprint density at radius 3 is 1.89 bits per heavy atom. The molecule has 0 unspecified atom stereocenters. The summed E-state index contributed by atoms with van der Waals surface area (Å²) >= 11 is 0. The Labute approximate surface area is 230 Å². The standard InChI is InChI=1S/C21H30B8F2N6O/c1-10-3-14(33-17-32-9-35(34-17)15-6-12(30)5-13(31)7-15)8-16(4-10)37-20(26,27)18(22,23)36(11(2)38)19(24,25)21(37,28)29/h3-9H,22-29H2,1-2H3,(H,33,34). The van der Waals surface area contributed by atoms with E-state index in [1.165, 1.54) is 23.1 Å². The lowest BCUT2D eigenvalue weighted by Crippen LogP contribution is -2.92. The van der Waals surface area contributed by atoms with Gasteiger partial charge >= 0.3 is 0 Å². The Morgan fingerprint density at radius 2 is 1.37 bits per heavy atom. The highest BCUT2D eigenvalue weighted by atomic mass is 19.1. The van der Waals surface area contributed by atoms with Crippen LogP contribution in [0.4, 0.5) is 26.1 Å². The zero-order valence-electron chi connectivity index (χ0n) is 23.9. The highest BCUT2D eigenvalue weighted by Crippen LogP contribution is 2.45. The maximum absolute atomic E-state index is 13.7. The molecule has 1 N–H and O–H groups in total. The Hall–Kier alpha value is -2.97. The maximum Gasteiger partial charge on any atom is 0.246 e. The van der Waals surface area contributed by atoms with Crippen molar-refractivity contribution in [3.8, 4) is 5.69 Å². The van der Waals surface area contributed by atoms with E-state index in [0.29, 0.717) is 5.95 Å². The number of piperazine rings is 1. The lowest BCUT2D eigenvalue weighted by molar-refractivity contribution is -0.134. The first-order valence-corrected chi connectivity index (χ1v) is 12.8. The molecule has 1 fully saturated rings. The normalized spacial score (nSPS) is 19.2. The van der Waals surface area contributed by atoms with Crippen molar-refractivity contribution in [2.24, 2.45) is 0 Å². The van der Waals surface area contributed by atoms with Crippen LogP contribution in [0.25, 0.3) is 5.69 Å². The van der Waals surface area contributed by atoms with Gasteiger partial charge in [-0.2, -0.15) is 4.98 Å². The van der Waals surface area contributed by atoms with Gasteiger partial charge in [-0.05, 0) is 64.2 Å². The molecular weight excluding hydrogens is 477 g/mol. The summed E-state index contributed by atoms with van der Waals surface area (Å²) < 4.78 is 28.7. The van der Waals surface area contributed by atoms with Crippen LogP contribution < -0.4 is 10.2 Å². The van der Waals surface area contributed by atoms with Crippen molar-refractivity contribution in [1.82, 2.24) is 19.7 Å². The lowest BCUT2D eigenvalue weighted by Gasteiger charge is -2.74. The third-order valence-corrected chi connectivity index (χ3v) is 8.73. The molecule has 0 aliphatic carbocycles. The molecule has 3 aromatic rings. The number of hydrogen-bond acceptors (Lipinski definition) is 5. The van der Waals surface area contributed by atoms with Gasteiger partial charge in [0.2, 0.25) is 11.9 Å². The average molecular weight is 507 g/mol. The summed E-state index contributed by atoms with van der Waals surface area (Å²) in [4.78, 5) is 21.7. The van der Waals surface area contributed by atoms with Crippen LogP contribution in [0, 0.1) is 18.6 Å². The van der Waals surface area contributed by atoms with Gasteiger partial charge in [0.05, 0.1) is 5.69 Å². The fourth-order valence-corrected chi connectivity index (χ4v) is 6.13. The summed E-state index contributed by atoms with van der Waals surface area (Å²) in [5.41, 5.74) is 3.05. The molecule has 0 spiro atoms. The molecule has 1 aromatic heterocycles. The van der Waals surface area contributed by atoms with Crippen LogP contribution in [0.5, 0.6) is 0 Å². The molecule has 1 aliphatic heterocycles. The molecule has 1 saturated heterocycles. The van der Waals surface area contributed by atoms with E-state index in [4.69, 9.17) is 0 Å². The molecule has 1 aliphatic rings. The van der Waals surface area contributed by atoms with E-state index in [9.17, 15) is 13.6 Å². The minimum absolute atomic E-state index is 0.0484. The second-order valence-electron chi connectivity index (χ2n) is 12.2. The second-order valence-corrected chi connectivity index (χ2v) is 12.2. The van der Waals surface area contributed by atoms with Gasteiger partial charge in [0.1, 0.15) is 80.7 Å². The minimum atomic E-state index is -0.686. The topological polar surface area (TPSA) is 66.3 Å². The maximum atomic E-state index is 13.7. The van der Waals surface area contributed by atoms with Crippen LogP contribution in [0.15, 0.2) is 42.7 Å². The van der Waals surface area contributed by atoms with E-state index in [1.54, 1.807) is 6.92 Å². The number of anilines is 3. The Kier molecular flexibility index (Phi) is 6.68. The number of carbonyl (C=O) groups is 1. The number of carbonyl (C=O) groups excluding carboxylic acids is 1. The van der Waals surface area contributed by atoms with Crippen molar-refractivity contribution in [3.63, 3.8) is 0 Å². The summed E-state index contributed by atoms with van der Waals surface area (Å²) in [5.74, 6) is -1.03. The van der Waals surface area contributed by atoms with Crippen molar-refractivity contribution in [1.29, 1.82) is 0 Å². The Balaban J connectivity index is 1.75. The van der Waals surface area contributed by atoms with Crippen molar-refractivity contribution < 1.29 is 13.6 Å². The number of rotatable bonds is 4. The summed E-state index contributed by atoms with van der Waals surface area (Å²) in [6.45, 7) is 3.67. The SMILES string of the molecule is BC1(B)N(C(C)=O)C(B)(B)C(B)(B)N(c2cc(C)cc(Nc3ncn(-c4cc(F)cc(F)c4)n3)c2)C1(B)B. The summed E-state index contributed by atoms with van der Waals surface area (Å²) in [5, 5.41) is 5.75. The van der Waals surface area contributed by atoms with Crippen LogP contribution in [-0.2, 0) is 4.79 Å². The highest BCUT2D eigenvalue weighted by Gasteiger charge is 2.62. The molecule has 17 heteroatoms. The van der Waals surface area contributed by atoms with E-state index in [-0.39, 0.29) is 11.6 Å². The van der Waals surface area contributed by atoms with E-state index >= 15 is 0 Å². The van der Waals surface area contributed by atoms with Crippen LogP contribution >= 0.6 is 0 Å². The van der Waals surface area contributed by atoms with Gasteiger partial charge in [-0.15, -0.1) is 5.10 Å². The third-order valence-electron chi connectivity index (χ3n) is 8.73. The van der Waals surface area contributed by atoms with Gasteiger partial charge in [0.25, 0.3) is 0 Å². The molecule has 0 radical (unpaired) electrons. The first kappa shape index (κ1) is 28.0. The van der Waals surface area contributed by atoms with Gasteiger partial charge in [0, 0.05) is 24.4 Å². The van der Waals surface area contributed by atoms with Crippen LogP contribution in [0.1, 0.15) is 12.5 Å². The van der Waals surface area contributed by atoms with Gasteiger partial charge in [0.15, 0.2) is 0 Å². The van der Waals surface area contributed by atoms with Crippen LogP contribution in [0.3, 0.4) is 0 Å². The quantitative estimate of drug-likeness (QED) is 0.359. The monoisotopic (exact) mass is 508 g/mol. The summed E-state index contributed by atoms with van der Waals surface area (Å²) in [7, 11) is 17.2. The summed E-state index contributed by atoms with van der Waals surface area (Å²) in [6, 6.07) is 9.39. The zero-order valence-corrected chi connectivity index (χ0v) is 23.9. The molecular formula is C21H30B8F2N6O. The predicted octanol–water partition coefficient (Wildman–Crippen LogP) is -5.05. The highest BCUT2D eigenvalue weighted by molar-refractivity contribution is 6.63. The first-order valence-electron chi connectivity index (χ1n) is 12.8. The smallest absolute Gasteiger partial charge is 0.246 e. The van der Waals surface area contributed by atoms with E-state index in [0.717, 1.165) is 23.0 Å². The van der Waals surface area contributed by atoms with Gasteiger partial charge < -0.3 is 15.1 Å². The fourth-order valence-electron chi connectivity index (χ4n) is 6.13. The zero-order chi connectivity index (χ0) is 28.4. The molecule has 4 rings (SSSR count). The van der Waals surface area contributed by atoms with Crippen LogP contribution in [0.2, 0.25) is 0 Å². The molecule has 1 amide bonds. The molecule has 0 atom stereocenters. The minimum Gasteiger partial charge on any atom is -0.390 e. The van der Waals surface area contributed by atoms with Gasteiger partial charge in [-0.25, -0.2) is 13.5 Å². The number of aromatic nitrogens is 3. The molecule has 0 saturated carbocycles. The lowest BCUT2D eigenvalue weighted by atomic mass is 9.26. The number of nitrogens with one attached hydrogen (secondary N) is 1. The largest absolute Gasteiger partial charge is 0.390 e. The molecule has 2 heterocycles. The van der Waals surface area contributed by atoms with Crippen molar-refractivity contribution in [2.75, 3.05) is 10.2 Å². The van der Waals surface area contributed by atoms with Crippen LogP contribution in [-0.4, -0.2) is 110 Å². The van der Waals surface area contributed by atoms with Gasteiger partial charge in [-0.1, -0.05) is 0 Å². The average Bonchev–Trinajstić information content (AvgIpc) is 3.19. The summed E-state index contributed by atoms with van der Waals surface area (Å²) in [6.07, 6.45) is 1.41. The van der Waals surface area contributed by atoms with E-state index in [2.05, 4.69) is 95.2 Å². The number of halogens is 2. The molecule has 7 nitrogen and oxygen atoms in total. The first-order chi connectivity index (χ1) is 17.4. The number of benzene rings is 2. The molecule has 38 heavy (non-hydrogen) atoms. The van der Waals surface area contributed by atoms with Crippen molar-refractivity contribution in [2.45, 2.75) is 35.2 Å². The molecule has 0 bridgehead atoms. The number of hydrogen-bond donors (Lipinski definition) is 1. The number of nitrogens with zero attached hydrogens (tertiary/aromatic N) is 5. The number of aryl methyl sites for hydroxylation is 1. The van der Waals surface area contributed by atoms with E-state index in [1.807, 2.05) is 17.9 Å². The Morgan fingerprint density at radius 1 is 0.816 bits per heavy atom.